The molecule has 27 heavy (non-hydrogen) atoms. The molecule has 7 heteroatoms. The molecule has 2 aliphatic rings. The first-order valence-electron chi connectivity index (χ1n) is 9.63. The van der Waals surface area contributed by atoms with Crippen LogP contribution in [0.15, 0.2) is 18.2 Å². The molecule has 148 valence electrons. The second kappa shape index (κ2) is 8.00. The molecule has 2 N–H and O–H groups in total. The summed E-state index contributed by atoms with van der Waals surface area (Å²) in [6.45, 7) is 3.96. The minimum atomic E-state index is -3.00. The molecule has 0 spiro atoms. The van der Waals surface area contributed by atoms with Crippen molar-refractivity contribution in [3.63, 3.8) is 0 Å². The van der Waals surface area contributed by atoms with Gasteiger partial charge >= 0.3 is 0 Å². The number of para-hydroxylation sites is 1. The Hall–Kier alpha value is -1.89. The third-order valence-electron chi connectivity index (χ3n) is 5.78. The Labute approximate surface area is 161 Å². The number of nitrogens with one attached hydrogen (secondary N) is 2. The van der Waals surface area contributed by atoms with Crippen LogP contribution in [0.4, 0.5) is 5.69 Å². The number of aryl methyl sites for hydroxylation is 2. The summed E-state index contributed by atoms with van der Waals surface area (Å²) >= 11 is 0. The molecule has 1 aliphatic carbocycles. The lowest BCUT2D eigenvalue weighted by Crippen LogP contribution is -2.41. The van der Waals surface area contributed by atoms with Crippen molar-refractivity contribution in [2.24, 2.45) is 11.8 Å². The van der Waals surface area contributed by atoms with E-state index in [1.165, 1.54) is 0 Å². The van der Waals surface area contributed by atoms with Crippen molar-refractivity contribution in [1.29, 1.82) is 0 Å². The summed E-state index contributed by atoms with van der Waals surface area (Å²) < 4.78 is 23.0. The van der Waals surface area contributed by atoms with Crippen molar-refractivity contribution in [3.05, 3.63) is 29.3 Å². The van der Waals surface area contributed by atoms with Gasteiger partial charge in [-0.2, -0.15) is 0 Å². The minimum absolute atomic E-state index is 0.0214. The molecule has 1 atom stereocenters. The van der Waals surface area contributed by atoms with Crippen molar-refractivity contribution in [2.45, 2.75) is 52.0 Å². The third kappa shape index (κ3) is 4.89. The van der Waals surface area contributed by atoms with Gasteiger partial charge in [0, 0.05) is 23.6 Å². The number of benzene rings is 1. The first-order valence-corrected chi connectivity index (χ1v) is 11.4. The number of anilines is 1. The van der Waals surface area contributed by atoms with Gasteiger partial charge in [0.05, 0.1) is 11.5 Å². The number of carbonyl (C=O) groups is 2. The normalized spacial score (nSPS) is 27.1. The first kappa shape index (κ1) is 19.9. The van der Waals surface area contributed by atoms with E-state index < -0.39 is 9.84 Å². The van der Waals surface area contributed by atoms with E-state index in [0.29, 0.717) is 32.1 Å². The van der Waals surface area contributed by atoms with E-state index in [2.05, 4.69) is 10.6 Å². The van der Waals surface area contributed by atoms with Crippen molar-refractivity contribution in [1.82, 2.24) is 5.32 Å². The van der Waals surface area contributed by atoms with Gasteiger partial charge in [-0.05, 0) is 57.1 Å². The van der Waals surface area contributed by atoms with Crippen LogP contribution in [0.25, 0.3) is 0 Å². The fourth-order valence-corrected chi connectivity index (χ4v) is 5.76. The number of amides is 2. The number of hydrogen-bond acceptors (Lipinski definition) is 4. The lowest BCUT2D eigenvalue weighted by Gasteiger charge is -2.28. The average Bonchev–Trinajstić information content (AvgIpc) is 2.96. The van der Waals surface area contributed by atoms with Crippen molar-refractivity contribution >= 4 is 27.3 Å². The fourth-order valence-electron chi connectivity index (χ4n) is 4.08. The van der Waals surface area contributed by atoms with Crippen LogP contribution in [-0.2, 0) is 19.4 Å². The summed E-state index contributed by atoms with van der Waals surface area (Å²) in [7, 11) is -3.00. The number of rotatable bonds is 4. The summed E-state index contributed by atoms with van der Waals surface area (Å²) in [4.78, 5) is 25.0. The molecule has 1 aromatic rings. The second-order valence-electron chi connectivity index (χ2n) is 7.91. The highest BCUT2D eigenvalue weighted by atomic mass is 32.2. The predicted molar refractivity (Wildman–Crippen MR) is 105 cm³/mol. The maximum atomic E-state index is 12.6. The third-order valence-corrected chi connectivity index (χ3v) is 7.54. The molecule has 1 saturated carbocycles. The van der Waals surface area contributed by atoms with Crippen LogP contribution in [-0.4, -0.2) is 37.8 Å². The zero-order chi connectivity index (χ0) is 19.6. The van der Waals surface area contributed by atoms with E-state index in [-0.39, 0.29) is 41.2 Å². The molecule has 1 unspecified atom stereocenters. The van der Waals surface area contributed by atoms with E-state index in [4.69, 9.17) is 0 Å². The monoisotopic (exact) mass is 392 g/mol. The topological polar surface area (TPSA) is 92.3 Å². The lowest BCUT2D eigenvalue weighted by atomic mass is 9.81. The van der Waals surface area contributed by atoms with Crippen molar-refractivity contribution in [2.75, 3.05) is 16.8 Å². The molecule has 0 bridgehead atoms. The summed E-state index contributed by atoms with van der Waals surface area (Å²) in [5, 5.41) is 5.94. The number of sulfone groups is 1. The van der Waals surface area contributed by atoms with Gasteiger partial charge < -0.3 is 10.6 Å². The fraction of sp³-hybridized carbons (Fsp3) is 0.600. The Morgan fingerprint density at radius 2 is 1.48 bits per heavy atom. The quantitative estimate of drug-likeness (QED) is 0.823. The van der Waals surface area contributed by atoms with Gasteiger partial charge in [-0.3, -0.25) is 9.59 Å². The average molecular weight is 393 g/mol. The summed E-state index contributed by atoms with van der Waals surface area (Å²) in [5.41, 5.74) is 2.97. The van der Waals surface area contributed by atoms with Gasteiger partial charge in [0.15, 0.2) is 9.84 Å². The van der Waals surface area contributed by atoms with Gasteiger partial charge in [0.2, 0.25) is 11.8 Å². The highest BCUT2D eigenvalue weighted by molar-refractivity contribution is 7.91. The SMILES string of the molecule is Cc1cccc(C)c1NC(=O)C1CCC(C(=O)NC2CCS(=O)(=O)C2)CC1. The van der Waals surface area contributed by atoms with Gasteiger partial charge in [0.1, 0.15) is 0 Å². The highest BCUT2D eigenvalue weighted by Crippen LogP contribution is 2.31. The summed E-state index contributed by atoms with van der Waals surface area (Å²) in [6, 6.07) is 5.67. The standard InChI is InChI=1S/C20H28N2O4S/c1-13-4-3-5-14(2)18(13)22-20(24)16-8-6-15(7-9-16)19(23)21-17-10-11-27(25,26)12-17/h3-5,15-17H,6-12H2,1-2H3,(H,21,23)(H,22,24). The van der Waals surface area contributed by atoms with Crippen LogP contribution in [0, 0.1) is 25.7 Å². The molecule has 2 amide bonds. The van der Waals surface area contributed by atoms with Gasteiger partial charge in [-0.1, -0.05) is 18.2 Å². The maximum absolute atomic E-state index is 12.6. The summed E-state index contributed by atoms with van der Waals surface area (Å²) in [6.07, 6.45) is 3.18. The predicted octanol–water partition coefficient (Wildman–Crippen LogP) is 2.35. The highest BCUT2D eigenvalue weighted by Gasteiger charge is 2.33. The van der Waals surface area contributed by atoms with Crippen molar-refractivity contribution in [3.8, 4) is 0 Å². The smallest absolute Gasteiger partial charge is 0.227 e. The van der Waals surface area contributed by atoms with Gasteiger partial charge in [-0.25, -0.2) is 8.42 Å². The minimum Gasteiger partial charge on any atom is -0.352 e. The van der Waals surface area contributed by atoms with Crippen LogP contribution in [0.1, 0.15) is 43.2 Å². The van der Waals surface area contributed by atoms with E-state index >= 15 is 0 Å². The molecule has 3 rings (SSSR count). The van der Waals surface area contributed by atoms with Gasteiger partial charge in [0.25, 0.3) is 0 Å². The molecule has 0 aromatic heterocycles. The van der Waals surface area contributed by atoms with Crippen LogP contribution >= 0.6 is 0 Å². The molecule has 1 heterocycles. The van der Waals surface area contributed by atoms with E-state index in [0.717, 1.165) is 16.8 Å². The molecule has 6 nitrogen and oxygen atoms in total. The molecule has 1 aliphatic heterocycles. The molecule has 2 fully saturated rings. The second-order valence-corrected chi connectivity index (χ2v) is 10.1. The van der Waals surface area contributed by atoms with Crippen LogP contribution in [0.2, 0.25) is 0 Å². The lowest BCUT2D eigenvalue weighted by molar-refractivity contribution is -0.129. The Kier molecular flexibility index (Phi) is 5.89. The molecule has 1 aromatic carbocycles. The number of carbonyl (C=O) groups excluding carboxylic acids is 2. The van der Waals surface area contributed by atoms with Crippen LogP contribution < -0.4 is 10.6 Å². The number of hydrogen-bond donors (Lipinski definition) is 2. The largest absolute Gasteiger partial charge is 0.352 e. The molecular formula is C20H28N2O4S. The Balaban J connectivity index is 1.49. The van der Waals surface area contributed by atoms with E-state index in [1.807, 2.05) is 32.0 Å². The van der Waals surface area contributed by atoms with E-state index in [9.17, 15) is 18.0 Å². The zero-order valence-electron chi connectivity index (χ0n) is 16.0. The molecular weight excluding hydrogens is 364 g/mol. The van der Waals surface area contributed by atoms with E-state index in [1.54, 1.807) is 0 Å². The Bertz CT molecular complexity index is 806. The maximum Gasteiger partial charge on any atom is 0.227 e. The molecule has 1 saturated heterocycles. The van der Waals surface area contributed by atoms with Crippen LogP contribution in [0.5, 0.6) is 0 Å². The first-order chi connectivity index (χ1) is 12.7. The van der Waals surface area contributed by atoms with Gasteiger partial charge in [-0.15, -0.1) is 0 Å². The molecule has 0 radical (unpaired) electrons. The Morgan fingerprint density at radius 3 is 2.00 bits per heavy atom. The Morgan fingerprint density at radius 1 is 0.926 bits per heavy atom. The van der Waals surface area contributed by atoms with Crippen LogP contribution in [0.3, 0.4) is 0 Å². The summed E-state index contributed by atoms with van der Waals surface area (Å²) in [5.74, 6) is -0.0496. The van der Waals surface area contributed by atoms with Crippen molar-refractivity contribution < 1.29 is 18.0 Å². The zero-order valence-corrected chi connectivity index (χ0v) is 16.8.